The fourth-order valence-electron chi connectivity index (χ4n) is 2.15. The Hall–Kier alpha value is -1.64. The summed E-state index contributed by atoms with van der Waals surface area (Å²) in [6, 6.07) is 7.31. The van der Waals surface area contributed by atoms with Gasteiger partial charge in [0.15, 0.2) is 11.6 Å². The van der Waals surface area contributed by atoms with Crippen molar-refractivity contribution in [1.82, 2.24) is 0 Å². The van der Waals surface area contributed by atoms with Crippen LogP contribution in [0.3, 0.4) is 0 Å². The average Bonchev–Trinajstić information content (AvgIpc) is 2.89. The summed E-state index contributed by atoms with van der Waals surface area (Å²) in [6.07, 6.45) is 0. The second-order valence-corrected chi connectivity index (χ2v) is 6.79. The lowest BCUT2D eigenvalue weighted by Crippen LogP contribution is -2.52. The molecule has 0 spiro atoms. The molecule has 1 aromatic carbocycles. The van der Waals surface area contributed by atoms with Crippen molar-refractivity contribution >= 4 is 22.9 Å². The Morgan fingerprint density at radius 2 is 2.13 bits per heavy atom. The van der Waals surface area contributed by atoms with Crippen LogP contribution in [-0.2, 0) is 29.7 Å². The third-order valence-electron chi connectivity index (χ3n) is 3.28. The molecule has 0 radical (unpaired) electrons. The van der Waals surface area contributed by atoms with E-state index in [-0.39, 0.29) is 12.3 Å². The van der Waals surface area contributed by atoms with Crippen LogP contribution in [0.4, 0.5) is 4.39 Å². The number of hydrogen-bond acceptors (Lipinski definition) is 6. The van der Waals surface area contributed by atoms with Crippen molar-refractivity contribution in [2.24, 2.45) is 5.16 Å². The summed E-state index contributed by atoms with van der Waals surface area (Å²) < 4.78 is 23.7. The zero-order chi connectivity index (χ0) is 17.0. The van der Waals surface area contributed by atoms with Crippen LogP contribution in [0, 0.1) is 6.92 Å². The highest BCUT2D eigenvalue weighted by Gasteiger charge is 2.63. The van der Waals surface area contributed by atoms with Crippen molar-refractivity contribution < 1.29 is 28.0 Å². The molecule has 3 atom stereocenters. The number of ether oxygens (including phenoxy) is 1. The van der Waals surface area contributed by atoms with Gasteiger partial charge in [-0.15, -0.1) is 0 Å². The number of aliphatic hydroxyl groups is 1. The first kappa shape index (κ1) is 17.7. The molecule has 0 aliphatic carbocycles. The van der Waals surface area contributed by atoms with Crippen molar-refractivity contribution in [2.45, 2.75) is 29.8 Å². The summed E-state index contributed by atoms with van der Waals surface area (Å²) in [5, 5.41) is 12.8. The van der Waals surface area contributed by atoms with Gasteiger partial charge in [0.1, 0.15) is 0 Å². The Kier molecular flexibility index (Phi) is 5.61. The number of halogens is 1. The quantitative estimate of drug-likeness (QED) is 0.625. The van der Waals surface area contributed by atoms with Crippen molar-refractivity contribution in [3.05, 3.63) is 29.8 Å². The average molecular weight is 344 g/mol. The molecule has 2 rings (SSSR count). The SMILES string of the molecule is CCOC(=O)C1=NOC(O)(CF)C1[S+](OC)c1ccc(C)cc1. The fourth-order valence-corrected chi connectivity index (χ4v) is 3.99. The van der Waals surface area contributed by atoms with Crippen molar-refractivity contribution in [3.8, 4) is 0 Å². The molecule has 6 nitrogen and oxygen atoms in total. The van der Waals surface area contributed by atoms with E-state index in [2.05, 4.69) is 5.16 Å². The van der Waals surface area contributed by atoms with E-state index in [9.17, 15) is 14.3 Å². The number of esters is 1. The second kappa shape index (κ2) is 7.29. The highest BCUT2D eigenvalue weighted by Crippen LogP contribution is 2.34. The molecule has 126 valence electrons. The normalized spacial score (nSPS) is 24.7. The van der Waals surface area contributed by atoms with Gasteiger partial charge in [0, 0.05) is 0 Å². The molecule has 8 heteroatoms. The van der Waals surface area contributed by atoms with Gasteiger partial charge in [-0.2, -0.15) is 4.18 Å². The molecule has 3 unspecified atom stereocenters. The van der Waals surface area contributed by atoms with E-state index in [1.165, 1.54) is 7.11 Å². The van der Waals surface area contributed by atoms with E-state index in [0.717, 1.165) is 5.56 Å². The van der Waals surface area contributed by atoms with E-state index in [4.69, 9.17) is 13.8 Å². The van der Waals surface area contributed by atoms with E-state index in [1.807, 2.05) is 19.1 Å². The zero-order valence-corrected chi connectivity index (χ0v) is 13.9. The summed E-state index contributed by atoms with van der Waals surface area (Å²) in [6.45, 7) is 2.46. The van der Waals surface area contributed by atoms with Crippen molar-refractivity contribution in [2.75, 3.05) is 20.4 Å². The first-order valence-corrected chi connectivity index (χ1v) is 8.24. The molecule has 0 bridgehead atoms. The number of oxime groups is 1. The van der Waals surface area contributed by atoms with Gasteiger partial charge >= 0.3 is 11.8 Å². The number of alkyl halides is 1. The maximum atomic E-state index is 13.4. The van der Waals surface area contributed by atoms with Crippen LogP contribution in [0.5, 0.6) is 0 Å². The van der Waals surface area contributed by atoms with Crippen LogP contribution < -0.4 is 0 Å². The number of nitrogens with zero attached hydrogens (tertiary/aromatic N) is 1. The summed E-state index contributed by atoms with van der Waals surface area (Å²) >= 11 is -1.15. The van der Waals surface area contributed by atoms with Crippen LogP contribution in [0.15, 0.2) is 34.3 Å². The number of hydrogen-bond donors (Lipinski definition) is 1. The van der Waals surface area contributed by atoms with Crippen molar-refractivity contribution in [1.29, 1.82) is 0 Å². The van der Waals surface area contributed by atoms with Gasteiger partial charge in [0.25, 0.3) is 5.25 Å². The number of aryl methyl sites for hydroxylation is 1. The third-order valence-corrected chi connectivity index (χ3v) is 5.40. The van der Waals surface area contributed by atoms with Crippen LogP contribution in [0.25, 0.3) is 0 Å². The Bertz CT molecular complexity index is 594. The molecular weight excluding hydrogens is 325 g/mol. The maximum absolute atomic E-state index is 13.4. The number of benzene rings is 1. The lowest BCUT2D eigenvalue weighted by molar-refractivity contribution is -0.191. The summed E-state index contributed by atoms with van der Waals surface area (Å²) in [5.41, 5.74) is 0.855. The molecular formula is C15H19FNO5S+. The Morgan fingerprint density at radius 3 is 2.65 bits per heavy atom. The lowest BCUT2D eigenvalue weighted by Gasteiger charge is -2.22. The molecule has 1 aromatic rings. The van der Waals surface area contributed by atoms with Gasteiger partial charge in [-0.3, -0.25) is 0 Å². The Labute approximate surface area is 136 Å². The predicted molar refractivity (Wildman–Crippen MR) is 83.7 cm³/mol. The van der Waals surface area contributed by atoms with Crippen LogP contribution in [-0.4, -0.2) is 48.2 Å². The van der Waals surface area contributed by atoms with E-state index < -0.39 is 34.9 Å². The molecule has 0 fully saturated rings. The fraction of sp³-hybridized carbons (Fsp3) is 0.467. The highest BCUT2D eigenvalue weighted by atomic mass is 32.2. The summed E-state index contributed by atoms with van der Waals surface area (Å²) in [7, 11) is 1.42. The first-order valence-electron chi connectivity index (χ1n) is 7.02. The minimum atomic E-state index is -2.26. The zero-order valence-electron chi connectivity index (χ0n) is 13.1. The highest BCUT2D eigenvalue weighted by molar-refractivity contribution is 7.94. The Balaban J connectivity index is 2.41. The number of carbonyl (C=O) groups excluding carboxylic acids is 1. The first-order chi connectivity index (χ1) is 11.0. The van der Waals surface area contributed by atoms with Gasteiger partial charge in [-0.05, 0) is 26.0 Å². The molecule has 0 aromatic heterocycles. The van der Waals surface area contributed by atoms with E-state index in [0.29, 0.717) is 4.90 Å². The third kappa shape index (κ3) is 3.49. The van der Waals surface area contributed by atoms with E-state index >= 15 is 0 Å². The molecule has 1 N–H and O–H groups in total. The molecule has 1 heterocycles. The molecule has 1 aliphatic heterocycles. The van der Waals surface area contributed by atoms with Gasteiger partial charge in [-0.25, -0.2) is 9.18 Å². The molecule has 23 heavy (non-hydrogen) atoms. The molecule has 0 saturated carbocycles. The van der Waals surface area contributed by atoms with Crippen LogP contribution in [0.1, 0.15) is 12.5 Å². The minimum Gasteiger partial charge on any atom is -0.461 e. The van der Waals surface area contributed by atoms with Gasteiger partial charge in [0.2, 0.25) is 16.9 Å². The van der Waals surface area contributed by atoms with E-state index in [1.54, 1.807) is 19.1 Å². The largest absolute Gasteiger partial charge is 0.461 e. The minimum absolute atomic E-state index is 0.129. The van der Waals surface area contributed by atoms with Crippen LogP contribution in [0.2, 0.25) is 0 Å². The number of carbonyl (C=O) groups is 1. The lowest BCUT2D eigenvalue weighted by atomic mass is 10.1. The summed E-state index contributed by atoms with van der Waals surface area (Å²) in [5.74, 6) is -3.02. The predicted octanol–water partition coefficient (Wildman–Crippen LogP) is 1.51. The van der Waals surface area contributed by atoms with Gasteiger partial charge in [-0.1, -0.05) is 22.9 Å². The molecule has 0 amide bonds. The maximum Gasteiger partial charge on any atom is 0.361 e. The smallest absolute Gasteiger partial charge is 0.361 e. The van der Waals surface area contributed by atoms with Crippen LogP contribution >= 0.6 is 0 Å². The topological polar surface area (TPSA) is 77.4 Å². The van der Waals surface area contributed by atoms with Gasteiger partial charge in [0.05, 0.1) is 13.7 Å². The second-order valence-electron chi connectivity index (χ2n) is 4.92. The molecule has 0 saturated heterocycles. The summed E-state index contributed by atoms with van der Waals surface area (Å²) in [4.78, 5) is 17.5. The monoisotopic (exact) mass is 344 g/mol. The standard InChI is InChI=1S/C15H19FNO5S/c1-4-21-14(18)12-13(15(19,9-16)22-17-12)23(20-3)11-7-5-10(2)6-8-11/h5-8,13,19H,4,9H2,1-3H3/q+1. The Morgan fingerprint density at radius 1 is 1.48 bits per heavy atom. The van der Waals surface area contributed by atoms with Gasteiger partial charge < -0.3 is 14.7 Å². The van der Waals surface area contributed by atoms with Crippen molar-refractivity contribution in [3.63, 3.8) is 0 Å². The number of rotatable bonds is 6. The molecule has 1 aliphatic rings.